The van der Waals surface area contributed by atoms with E-state index in [0.717, 1.165) is 63.5 Å². The predicted octanol–water partition coefficient (Wildman–Crippen LogP) is 3.30. The molecule has 2 fully saturated rings. The lowest BCUT2D eigenvalue weighted by atomic mass is 10.1. The standard InChI is InChI=1S/C18H22Cl2N2O2/c19-12-10-14-13(15(20)11-12)3-4-16(14)21-5-7-22(8-6-21)18(23)17-2-1-9-24-17/h10-11,16-17H,1-9H2/t16-,17-/m0/s1. The Morgan fingerprint density at radius 2 is 1.92 bits per heavy atom. The molecule has 0 aromatic heterocycles. The van der Waals surface area contributed by atoms with Gasteiger partial charge in [-0.05, 0) is 48.9 Å². The maximum absolute atomic E-state index is 12.5. The van der Waals surface area contributed by atoms with Crippen molar-refractivity contribution in [3.63, 3.8) is 0 Å². The summed E-state index contributed by atoms with van der Waals surface area (Å²) < 4.78 is 5.53. The molecule has 0 radical (unpaired) electrons. The number of fused-ring (bicyclic) bond motifs is 1. The SMILES string of the molecule is O=C([C@@H]1CCCO1)N1CCN([C@H]2CCc3c(Cl)cc(Cl)cc32)CC1. The zero-order valence-corrected chi connectivity index (χ0v) is 15.2. The van der Waals surface area contributed by atoms with Gasteiger partial charge in [-0.2, -0.15) is 0 Å². The maximum atomic E-state index is 12.5. The van der Waals surface area contributed by atoms with Crippen molar-refractivity contribution in [3.8, 4) is 0 Å². The number of rotatable bonds is 2. The highest BCUT2D eigenvalue weighted by atomic mass is 35.5. The van der Waals surface area contributed by atoms with Crippen LogP contribution >= 0.6 is 23.2 Å². The molecule has 2 atom stereocenters. The van der Waals surface area contributed by atoms with Gasteiger partial charge in [0, 0.05) is 48.9 Å². The number of amides is 1. The monoisotopic (exact) mass is 368 g/mol. The normalized spacial score (nSPS) is 27.5. The number of carbonyl (C=O) groups excluding carboxylic acids is 1. The molecule has 0 spiro atoms. The van der Waals surface area contributed by atoms with Gasteiger partial charge < -0.3 is 9.64 Å². The molecular formula is C18H22Cl2N2O2. The van der Waals surface area contributed by atoms with Crippen molar-refractivity contribution in [1.29, 1.82) is 0 Å². The van der Waals surface area contributed by atoms with Crippen LogP contribution in [-0.4, -0.2) is 54.6 Å². The van der Waals surface area contributed by atoms with E-state index in [-0.39, 0.29) is 12.0 Å². The molecule has 1 aromatic carbocycles. The summed E-state index contributed by atoms with van der Waals surface area (Å²) in [4.78, 5) is 16.9. The lowest BCUT2D eigenvalue weighted by Crippen LogP contribution is -2.51. The van der Waals surface area contributed by atoms with Crippen LogP contribution in [0, 0.1) is 0 Å². The molecule has 24 heavy (non-hydrogen) atoms. The molecule has 130 valence electrons. The molecule has 1 aromatic rings. The highest BCUT2D eigenvalue weighted by Crippen LogP contribution is 2.41. The first-order valence-corrected chi connectivity index (χ1v) is 9.51. The van der Waals surface area contributed by atoms with Gasteiger partial charge in [0.25, 0.3) is 5.91 Å². The molecule has 4 nitrogen and oxygen atoms in total. The van der Waals surface area contributed by atoms with Crippen molar-refractivity contribution in [2.75, 3.05) is 32.8 Å². The number of hydrogen-bond donors (Lipinski definition) is 0. The Kier molecular flexibility index (Phi) is 4.74. The summed E-state index contributed by atoms with van der Waals surface area (Å²) >= 11 is 12.5. The van der Waals surface area contributed by atoms with E-state index in [1.165, 1.54) is 11.1 Å². The summed E-state index contributed by atoms with van der Waals surface area (Å²) in [6.45, 7) is 4.06. The molecule has 3 aliphatic rings. The fourth-order valence-corrected chi connectivity index (χ4v) is 4.83. The second-order valence-corrected chi connectivity index (χ2v) is 7.72. The first-order valence-electron chi connectivity index (χ1n) is 8.76. The summed E-state index contributed by atoms with van der Waals surface area (Å²) in [5.41, 5.74) is 2.51. The first kappa shape index (κ1) is 16.6. The van der Waals surface area contributed by atoms with E-state index in [1.54, 1.807) is 0 Å². The molecule has 1 amide bonds. The Morgan fingerprint density at radius 3 is 2.62 bits per heavy atom. The van der Waals surface area contributed by atoms with Crippen LogP contribution in [0.2, 0.25) is 10.0 Å². The Morgan fingerprint density at radius 1 is 1.12 bits per heavy atom. The Hall–Kier alpha value is -0.810. The number of ether oxygens (including phenoxy) is 1. The van der Waals surface area contributed by atoms with Gasteiger partial charge in [0.15, 0.2) is 0 Å². The largest absolute Gasteiger partial charge is 0.368 e. The Bertz CT molecular complexity index is 638. The summed E-state index contributed by atoms with van der Waals surface area (Å²) in [5, 5.41) is 1.49. The van der Waals surface area contributed by atoms with E-state index in [9.17, 15) is 4.79 Å². The highest BCUT2D eigenvalue weighted by molar-refractivity contribution is 6.35. The van der Waals surface area contributed by atoms with E-state index >= 15 is 0 Å². The van der Waals surface area contributed by atoms with Crippen LogP contribution in [0.15, 0.2) is 12.1 Å². The van der Waals surface area contributed by atoms with Crippen LogP contribution < -0.4 is 0 Å². The van der Waals surface area contributed by atoms with Crippen LogP contribution in [0.4, 0.5) is 0 Å². The van der Waals surface area contributed by atoms with E-state index in [4.69, 9.17) is 27.9 Å². The number of hydrogen-bond acceptors (Lipinski definition) is 3. The van der Waals surface area contributed by atoms with Crippen LogP contribution in [0.1, 0.15) is 36.4 Å². The Balaban J connectivity index is 1.42. The molecule has 0 N–H and O–H groups in total. The summed E-state index contributed by atoms with van der Waals surface area (Å²) in [7, 11) is 0. The molecule has 0 bridgehead atoms. The van der Waals surface area contributed by atoms with Gasteiger partial charge in [0.1, 0.15) is 6.10 Å². The van der Waals surface area contributed by atoms with Crippen molar-refractivity contribution in [1.82, 2.24) is 9.80 Å². The van der Waals surface area contributed by atoms with Gasteiger partial charge in [0.2, 0.25) is 0 Å². The fraction of sp³-hybridized carbons (Fsp3) is 0.611. The molecule has 0 saturated carbocycles. The fourth-order valence-electron chi connectivity index (χ4n) is 4.23. The molecule has 6 heteroatoms. The van der Waals surface area contributed by atoms with Crippen molar-refractivity contribution >= 4 is 29.1 Å². The van der Waals surface area contributed by atoms with Gasteiger partial charge in [0.05, 0.1) is 0 Å². The zero-order chi connectivity index (χ0) is 16.7. The lowest BCUT2D eigenvalue weighted by molar-refractivity contribution is -0.143. The second kappa shape index (κ2) is 6.83. The van der Waals surface area contributed by atoms with Gasteiger partial charge in [-0.3, -0.25) is 9.69 Å². The van der Waals surface area contributed by atoms with E-state index in [2.05, 4.69) is 11.0 Å². The topological polar surface area (TPSA) is 32.8 Å². The third-order valence-electron chi connectivity index (χ3n) is 5.49. The molecule has 2 saturated heterocycles. The third-order valence-corrected chi connectivity index (χ3v) is 6.05. The third kappa shape index (κ3) is 3.05. The van der Waals surface area contributed by atoms with E-state index in [0.29, 0.717) is 11.1 Å². The van der Waals surface area contributed by atoms with Crippen LogP contribution in [-0.2, 0) is 16.0 Å². The number of halogens is 2. The van der Waals surface area contributed by atoms with Gasteiger partial charge >= 0.3 is 0 Å². The lowest BCUT2D eigenvalue weighted by Gasteiger charge is -2.39. The summed E-state index contributed by atoms with van der Waals surface area (Å²) in [6, 6.07) is 4.27. The van der Waals surface area contributed by atoms with E-state index < -0.39 is 0 Å². The average molecular weight is 369 g/mol. The van der Waals surface area contributed by atoms with Gasteiger partial charge in [-0.1, -0.05) is 23.2 Å². The number of nitrogens with zero attached hydrogens (tertiary/aromatic N) is 2. The zero-order valence-electron chi connectivity index (χ0n) is 13.6. The second-order valence-electron chi connectivity index (χ2n) is 6.87. The number of carbonyl (C=O) groups is 1. The molecular weight excluding hydrogens is 347 g/mol. The first-order chi connectivity index (χ1) is 11.6. The predicted molar refractivity (Wildman–Crippen MR) is 94.7 cm³/mol. The van der Waals surface area contributed by atoms with Crippen LogP contribution in [0.25, 0.3) is 0 Å². The van der Waals surface area contributed by atoms with Crippen LogP contribution in [0.3, 0.4) is 0 Å². The number of benzene rings is 1. The van der Waals surface area contributed by atoms with Crippen molar-refractivity contribution in [3.05, 3.63) is 33.3 Å². The van der Waals surface area contributed by atoms with Crippen molar-refractivity contribution in [2.24, 2.45) is 0 Å². The maximum Gasteiger partial charge on any atom is 0.251 e. The molecule has 0 unspecified atom stereocenters. The average Bonchev–Trinajstić information content (AvgIpc) is 3.24. The van der Waals surface area contributed by atoms with Crippen molar-refractivity contribution in [2.45, 2.75) is 37.8 Å². The molecule has 2 heterocycles. The molecule has 1 aliphatic carbocycles. The van der Waals surface area contributed by atoms with Gasteiger partial charge in [-0.15, -0.1) is 0 Å². The van der Waals surface area contributed by atoms with Gasteiger partial charge in [-0.25, -0.2) is 0 Å². The van der Waals surface area contributed by atoms with E-state index in [1.807, 2.05) is 11.0 Å². The van der Waals surface area contributed by atoms with Crippen LogP contribution in [0.5, 0.6) is 0 Å². The summed E-state index contributed by atoms with van der Waals surface area (Å²) in [5.74, 6) is 0.171. The Labute approximate surface area is 152 Å². The minimum atomic E-state index is -0.207. The quantitative estimate of drug-likeness (QED) is 0.802. The minimum Gasteiger partial charge on any atom is -0.368 e. The smallest absolute Gasteiger partial charge is 0.251 e. The minimum absolute atomic E-state index is 0.171. The number of piperazine rings is 1. The molecule has 4 rings (SSSR count). The molecule has 2 aliphatic heterocycles. The highest BCUT2D eigenvalue weighted by Gasteiger charge is 2.34. The van der Waals surface area contributed by atoms with Crippen molar-refractivity contribution < 1.29 is 9.53 Å². The summed E-state index contributed by atoms with van der Waals surface area (Å²) in [6.07, 6.45) is 3.74.